The van der Waals surface area contributed by atoms with E-state index in [0.717, 1.165) is 24.2 Å². The summed E-state index contributed by atoms with van der Waals surface area (Å²) in [6.45, 7) is 27.6. The summed E-state index contributed by atoms with van der Waals surface area (Å²) in [5.74, 6) is 0. The average molecular weight is 667 g/mol. The van der Waals surface area contributed by atoms with Crippen LogP contribution in [0.4, 0.5) is 0 Å². The van der Waals surface area contributed by atoms with Gasteiger partial charge in [-0.3, -0.25) is 0 Å². The van der Waals surface area contributed by atoms with Crippen molar-refractivity contribution >= 4 is 64.4 Å². The molecule has 228 valence electrons. The van der Waals surface area contributed by atoms with Gasteiger partial charge in [0.15, 0.2) is 41.6 Å². The molecule has 0 aliphatic carbocycles. The number of benzene rings is 1. The van der Waals surface area contributed by atoms with Crippen LogP contribution in [0.2, 0.25) is 103 Å². The Bertz CT molecular complexity index is 867. The van der Waals surface area contributed by atoms with Gasteiger partial charge in [0.25, 0.3) is 0 Å². The lowest BCUT2D eigenvalue weighted by molar-refractivity contribution is 0.0479. The van der Waals surface area contributed by atoms with Gasteiger partial charge in [0.2, 0.25) is 0 Å². The van der Waals surface area contributed by atoms with Crippen LogP contribution in [0.25, 0.3) is 0 Å². The number of hydrogen-bond donors (Lipinski definition) is 0. The minimum Gasteiger partial charge on any atom is -0.456 e. The fraction of sp³-hybridized carbons (Fsp3) is 0.760. The Kier molecular flexibility index (Phi) is 13.7. The number of hydrogen-bond acceptors (Lipinski definition) is 7. The van der Waals surface area contributed by atoms with E-state index in [0.29, 0.717) is 0 Å². The molecular weight excluding hydrogens is 609 g/mol. The Morgan fingerprint density at radius 1 is 0.462 bits per heavy atom. The maximum atomic E-state index is 7.23. The molecule has 0 aliphatic rings. The molecule has 0 fully saturated rings. The summed E-state index contributed by atoms with van der Waals surface area (Å²) in [5.41, 5.74) is 0. The van der Waals surface area contributed by atoms with Crippen molar-refractivity contribution in [2.24, 2.45) is 0 Å². The smallest absolute Gasteiger partial charge is 0.456 e. The fourth-order valence-corrected chi connectivity index (χ4v) is 37.7. The van der Waals surface area contributed by atoms with Gasteiger partial charge in [-0.25, -0.2) is 0 Å². The summed E-state index contributed by atoms with van der Waals surface area (Å²) < 4.78 is 44.2. The summed E-state index contributed by atoms with van der Waals surface area (Å²) in [6, 6.07) is 14.8. The van der Waals surface area contributed by atoms with Gasteiger partial charge >= 0.3 is 17.6 Å². The van der Waals surface area contributed by atoms with E-state index in [1.165, 1.54) is 5.19 Å². The molecule has 0 saturated heterocycles. The molecule has 1 aromatic carbocycles. The molecule has 0 bridgehead atoms. The minimum atomic E-state index is -3.10. The minimum absolute atomic E-state index is 0.935. The normalized spacial score (nSPS) is 15.9. The van der Waals surface area contributed by atoms with Crippen LogP contribution in [0.15, 0.2) is 30.3 Å². The van der Waals surface area contributed by atoms with Gasteiger partial charge in [-0.2, -0.15) is 0 Å². The zero-order valence-electron chi connectivity index (χ0n) is 27.6. The molecule has 7 nitrogen and oxygen atoms in total. The molecule has 1 rings (SSSR count). The van der Waals surface area contributed by atoms with E-state index in [1.54, 1.807) is 21.3 Å². The second-order valence-electron chi connectivity index (χ2n) is 14.0. The molecule has 39 heavy (non-hydrogen) atoms. The van der Waals surface area contributed by atoms with Crippen LogP contribution < -0.4 is 5.19 Å². The molecule has 0 spiro atoms. The maximum absolute atomic E-state index is 7.23. The highest BCUT2D eigenvalue weighted by Crippen LogP contribution is 2.31. The zero-order chi connectivity index (χ0) is 30.4. The highest BCUT2D eigenvalue weighted by molar-refractivity contribution is 6.95. The molecule has 0 amide bonds. The van der Waals surface area contributed by atoms with Crippen molar-refractivity contribution < 1.29 is 29.7 Å². The summed E-state index contributed by atoms with van der Waals surface area (Å²) in [5, 5.41) is 1.21. The van der Waals surface area contributed by atoms with Gasteiger partial charge in [-0.15, -0.1) is 0 Å². The fourth-order valence-electron chi connectivity index (χ4n) is 4.88. The lowest BCUT2D eigenvalue weighted by atomic mass is 10.4. The lowest BCUT2D eigenvalue weighted by Gasteiger charge is -2.42. The molecule has 1 atom stereocenters. The van der Waals surface area contributed by atoms with Crippen molar-refractivity contribution in [3.05, 3.63) is 30.3 Å². The van der Waals surface area contributed by atoms with Crippen LogP contribution in [0.3, 0.4) is 0 Å². The summed E-state index contributed by atoms with van der Waals surface area (Å²) in [6.07, 6.45) is 0. The lowest BCUT2D eigenvalue weighted by Crippen LogP contribution is -2.62. The van der Waals surface area contributed by atoms with E-state index < -0.39 is 59.2 Å². The first kappa shape index (κ1) is 37.5. The Morgan fingerprint density at radius 2 is 0.795 bits per heavy atom. The summed E-state index contributed by atoms with van der Waals surface area (Å²) in [7, 11) is -10.7. The average Bonchev–Trinajstić information content (AvgIpc) is 2.79. The monoisotopic (exact) mass is 666 g/mol. The third-order valence-electron chi connectivity index (χ3n) is 6.63. The third-order valence-corrected chi connectivity index (χ3v) is 31.7. The van der Waals surface area contributed by atoms with E-state index in [9.17, 15) is 0 Å². The van der Waals surface area contributed by atoms with Gasteiger partial charge in [0.1, 0.15) is 0 Å². The predicted molar refractivity (Wildman–Crippen MR) is 181 cm³/mol. The predicted octanol–water partition coefficient (Wildman–Crippen LogP) is 7.06. The topological polar surface area (TPSA) is 64.6 Å². The van der Waals surface area contributed by atoms with Gasteiger partial charge in [0.05, 0.1) is 0 Å². The Balaban J connectivity index is 3.10. The van der Waals surface area contributed by atoms with E-state index in [2.05, 4.69) is 109 Å². The highest BCUT2D eigenvalue weighted by Gasteiger charge is 2.49. The van der Waals surface area contributed by atoms with Crippen molar-refractivity contribution in [3.63, 3.8) is 0 Å². The van der Waals surface area contributed by atoms with Gasteiger partial charge in [0, 0.05) is 21.3 Å². The summed E-state index contributed by atoms with van der Waals surface area (Å²) in [4.78, 5) is 0. The standard InChI is InChI=1S/C25H58O7Si7/c1-26-39(27-2,28-3)32-37(13,14)24-23-36(11,12)31-38(15,25-19-17-16-18-20-25)30-35(9,10)22-21-34(7,8)29-33(4,5)6/h16-20H,21-24H2,1-15H3. The quantitative estimate of drug-likeness (QED) is 0.155. The SMILES string of the molecule is CO[Si](OC)(OC)O[Si](C)(C)CC[Si](C)(C)O[Si](C)(O[Si](C)(C)CC[Si](C)(C)O[Si](C)(C)C)c1ccccc1. The second-order valence-corrected chi connectivity index (χ2v) is 42.2. The molecule has 14 heteroatoms. The largest absolute Gasteiger partial charge is 0.668 e. The van der Waals surface area contributed by atoms with Crippen LogP contribution in [-0.2, 0) is 29.7 Å². The van der Waals surface area contributed by atoms with Crippen LogP contribution in [-0.4, -0.2) is 80.5 Å². The second kappa shape index (κ2) is 14.3. The maximum Gasteiger partial charge on any atom is 0.668 e. The van der Waals surface area contributed by atoms with Crippen molar-refractivity contribution in [3.8, 4) is 0 Å². The van der Waals surface area contributed by atoms with Gasteiger partial charge in [-0.05, 0) is 108 Å². The van der Waals surface area contributed by atoms with Crippen LogP contribution in [0, 0.1) is 0 Å². The highest BCUT2D eigenvalue weighted by atomic mass is 28.5. The van der Waals surface area contributed by atoms with Crippen molar-refractivity contribution in [1.29, 1.82) is 0 Å². The van der Waals surface area contributed by atoms with Crippen LogP contribution >= 0.6 is 0 Å². The number of rotatable bonds is 18. The molecule has 1 aromatic rings. The molecule has 1 unspecified atom stereocenters. The van der Waals surface area contributed by atoms with E-state index >= 15 is 0 Å². The third kappa shape index (κ3) is 13.5. The van der Waals surface area contributed by atoms with Crippen LogP contribution in [0.1, 0.15) is 0 Å². The van der Waals surface area contributed by atoms with E-state index in [-0.39, 0.29) is 0 Å². The first-order valence-electron chi connectivity index (χ1n) is 14.0. The summed E-state index contributed by atoms with van der Waals surface area (Å²) >= 11 is 0. The molecule has 0 radical (unpaired) electrons. The van der Waals surface area contributed by atoms with Crippen molar-refractivity contribution in [2.75, 3.05) is 21.3 Å². The Labute approximate surface area is 247 Å². The Morgan fingerprint density at radius 3 is 1.13 bits per heavy atom. The first-order chi connectivity index (χ1) is 17.5. The van der Waals surface area contributed by atoms with Gasteiger partial charge in [-0.1, -0.05) is 30.3 Å². The zero-order valence-corrected chi connectivity index (χ0v) is 34.6. The van der Waals surface area contributed by atoms with E-state index in [1.807, 2.05) is 0 Å². The van der Waals surface area contributed by atoms with Crippen LogP contribution in [0.5, 0.6) is 0 Å². The molecule has 0 aromatic heterocycles. The van der Waals surface area contributed by atoms with Crippen molar-refractivity contribution in [2.45, 2.75) is 103 Å². The molecule has 0 heterocycles. The Hall–Kier alpha value is 0.458. The molecule has 0 saturated carbocycles. The van der Waals surface area contributed by atoms with Crippen molar-refractivity contribution in [1.82, 2.24) is 0 Å². The molecular formula is C25H58O7Si7. The van der Waals surface area contributed by atoms with E-state index in [4.69, 9.17) is 29.7 Å². The molecule has 0 aliphatic heterocycles. The van der Waals surface area contributed by atoms with Gasteiger partial charge < -0.3 is 29.7 Å². The first-order valence-corrected chi connectivity index (χ1v) is 33.9. The molecule has 0 N–H and O–H groups in total.